The molecule has 2 aliphatic rings. The van der Waals surface area contributed by atoms with E-state index < -0.39 is 5.60 Å². The zero-order valence-electron chi connectivity index (χ0n) is 20.9. The van der Waals surface area contributed by atoms with Crippen molar-refractivity contribution in [1.82, 2.24) is 9.88 Å². The summed E-state index contributed by atoms with van der Waals surface area (Å²) in [5, 5.41) is 1.15. The molecule has 0 N–H and O–H groups in total. The first-order chi connectivity index (χ1) is 16.8. The van der Waals surface area contributed by atoms with Crippen molar-refractivity contribution >= 4 is 23.1 Å². The Morgan fingerprint density at radius 1 is 1.06 bits per heavy atom. The zero-order chi connectivity index (χ0) is 24.6. The molecule has 0 saturated carbocycles. The number of para-hydroxylation sites is 1. The van der Waals surface area contributed by atoms with Crippen LogP contribution in [0.25, 0.3) is 11.3 Å². The van der Waals surface area contributed by atoms with Gasteiger partial charge in [0.15, 0.2) is 0 Å². The number of ether oxygens (including phenoxy) is 2. The number of nitrogens with zero attached hydrogens (tertiary/aromatic N) is 3. The number of hydrogen-bond acceptors (Lipinski definition) is 6. The number of piperidine rings is 1. The minimum atomic E-state index is -0.396. The van der Waals surface area contributed by atoms with Gasteiger partial charge < -0.3 is 9.47 Å². The molecule has 2 aromatic carbocycles. The topological polar surface area (TPSA) is 54.9 Å². The van der Waals surface area contributed by atoms with Gasteiger partial charge in [-0.15, -0.1) is 11.3 Å². The van der Waals surface area contributed by atoms with E-state index in [1.807, 2.05) is 53.8 Å². The molecule has 1 spiro atoms. The van der Waals surface area contributed by atoms with Crippen molar-refractivity contribution in [1.29, 1.82) is 0 Å². The quantitative estimate of drug-likeness (QED) is 0.431. The molecular weight excluding hydrogens is 458 g/mol. The SMILES string of the molecule is COc1ccc(-c2nc(C(C)(C)C)sc2CN2CCC3(CC2)CN(c2ccccc2)C(=O)O3)cc1. The van der Waals surface area contributed by atoms with Gasteiger partial charge in [-0.2, -0.15) is 0 Å². The third-order valence-electron chi connectivity index (χ3n) is 6.88. The number of amides is 1. The summed E-state index contributed by atoms with van der Waals surface area (Å²) in [7, 11) is 1.69. The zero-order valence-corrected chi connectivity index (χ0v) is 21.7. The molecule has 0 atom stereocenters. The van der Waals surface area contributed by atoms with Gasteiger partial charge in [-0.25, -0.2) is 9.78 Å². The van der Waals surface area contributed by atoms with Crippen LogP contribution in [0.15, 0.2) is 54.6 Å². The van der Waals surface area contributed by atoms with Gasteiger partial charge in [0.1, 0.15) is 11.4 Å². The number of thiazole rings is 1. The average molecular weight is 492 g/mol. The summed E-state index contributed by atoms with van der Waals surface area (Å²) in [5.41, 5.74) is 2.68. The summed E-state index contributed by atoms with van der Waals surface area (Å²) in [6, 6.07) is 18.0. The number of carbonyl (C=O) groups is 1. The van der Waals surface area contributed by atoms with Crippen molar-refractivity contribution in [2.75, 3.05) is 31.6 Å². The summed E-state index contributed by atoms with van der Waals surface area (Å²) in [4.78, 5) is 23.2. The summed E-state index contributed by atoms with van der Waals surface area (Å²) < 4.78 is 11.3. The van der Waals surface area contributed by atoms with Gasteiger partial charge in [-0.1, -0.05) is 39.0 Å². The number of likely N-dealkylation sites (tertiary alicyclic amines) is 1. The maximum absolute atomic E-state index is 12.6. The fourth-order valence-electron chi connectivity index (χ4n) is 4.77. The van der Waals surface area contributed by atoms with E-state index in [1.54, 1.807) is 12.0 Å². The van der Waals surface area contributed by atoms with Gasteiger partial charge in [0.05, 0.1) is 24.4 Å². The Morgan fingerprint density at radius 3 is 2.37 bits per heavy atom. The molecule has 35 heavy (non-hydrogen) atoms. The van der Waals surface area contributed by atoms with E-state index in [0.717, 1.165) is 60.2 Å². The van der Waals surface area contributed by atoms with Crippen molar-refractivity contribution in [3.05, 3.63) is 64.5 Å². The maximum Gasteiger partial charge on any atom is 0.415 e. The molecule has 0 unspecified atom stereocenters. The molecule has 2 fully saturated rings. The van der Waals surface area contributed by atoms with E-state index in [0.29, 0.717) is 6.54 Å². The van der Waals surface area contributed by atoms with Crippen LogP contribution in [0.4, 0.5) is 10.5 Å². The van der Waals surface area contributed by atoms with E-state index >= 15 is 0 Å². The number of anilines is 1. The number of carbonyl (C=O) groups excluding carboxylic acids is 1. The Hall–Kier alpha value is -2.90. The molecule has 5 rings (SSSR count). The van der Waals surface area contributed by atoms with Crippen LogP contribution < -0.4 is 9.64 Å². The largest absolute Gasteiger partial charge is 0.497 e. The van der Waals surface area contributed by atoms with Gasteiger partial charge in [-0.05, 0) is 36.4 Å². The number of benzene rings is 2. The molecule has 6 nitrogen and oxygen atoms in total. The highest BCUT2D eigenvalue weighted by Crippen LogP contribution is 2.39. The van der Waals surface area contributed by atoms with Crippen LogP contribution in [0.1, 0.15) is 43.5 Å². The van der Waals surface area contributed by atoms with E-state index in [9.17, 15) is 4.79 Å². The fraction of sp³-hybridized carbons (Fsp3) is 0.429. The van der Waals surface area contributed by atoms with Crippen LogP contribution >= 0.6 is 11.3 Å². The van der Waals surface area contributed by atoms with E-state index in [1.165, 1.54) is 4.88 Å². The monoisotopic (exact) mass is 491 g/mol. The second-order valence-corrected chi connectivity index (χ2v) is 11.6. The van der Waals surface area contributed by atoms with Crippen LogP contribution in [-0.4, -0.2) is 48.3 Å². The lowest BCUT2D eigenvalue weighted by atomic mass is 9.91. The van der Waals surface area contributed by atoms with Crippen LogP contribution in [0, 0.1) is 0 Å². The van der Waals surface area contributed by atoms with Crippen LogP contribution in [-0.2, 0) is 16.7 Å². The molecule has 2 saturated heterocycles. The summed E-state index contributed by atoms with van der Waals surface area (Å²) in [5.74, 6) is 0.846. The first-order valence-electron chi connectivity index (χ1n) is 12.2. The Bertz CT molecular complexity index is 1180. The highest BCUT2D eigenvalue weighted by molar-refractivity contribution is 7.12. The minimum Gasteiger partial charge on any atom is -0.497 e. The smallest absolute Gasteiger partial charge is 0.415 e. The molecule has 3 aromatic rings. The predicted molar refractivity (Wildman–Crippen MR) is 140 cm³/mol. The summed E-state index contributed by atoms with van der Waals surface area (Å²) in [6.07, 6.45) is 1.44. The van der Waals surface area contributed by atoms with Crippen molar-refractivity contribution in [2.45, 2.75) is 51.2 Å². The first kappa shape index (κ1) is 23.8. The highest BCUT2D eigenvalue weighted by atomic mass is 32.1. The standard InChI is InChI=1S/C28H33N3O3S/c1-27(2,3)25-29-24(20-10-12-22(33-4)13-11-20)23(35-25)18-30-16-14-28(15-17-30)19-31(26(32)34-28)21-8-6-5-7-9-21/h5-13H,14-19H2,1-4H3. The molecule has 7 heteroatoms. The number of methoxy groups -OCH3 is 1. The van der Waals surface area contributed by atoms with Crippen molar-refractivity contribution in [3.63, 3.8) is 0 Å². The fourth-order valence-corrected chi connectivity index (χ4v) is 5.95. The van der Waals surface area contributed by atoms with Crippen molar-refractivity contribution < 1.29 is 14.3 Å². The second kappa shape index (κ2) is 9.28. The Labute approximate surface area is 211 Å². The van der Waals surface area contributed by atoms with Gasteiger partial charge in [0, 0.05) is 54.0 Å². The van der Waals surface area contributed by atoms with Gasteiger partial charge in [-0.3, -0.25) is 9.80 Å². The Kier molecular flexibility index (Phi) is 6.32. The number of rotatable bonds is 5. The highest BCUT2D eigenvalue weighted by Gasteiger charge is 2.47. The van der Waals surface area contributed by atoms with Gasteiger partial charge in [0.25, 0.3) is 0 Å². The Balaban J connectivity index is 1.31. The number of hydrogen-bond donors (Lipinski definition) is 0. The molecule has 1 amide bonds. The van der Waals surface area contributed by atoms with E-state index in [4.69, 9.17) is 14.5 Å². The van der Waals surface area contributed by atoms with Gasteiger partial charge in [0.2, 0.25) is 0 Å². The normalized spacial score (nSPS) is 18.2. The van der Waals surface area contributed by atoms with Crippen molar-refractivity contribution in [2.24, 2.45) is 0 Å². The third kappa shape index (κ3) is 4.93. The van der Waals surface area contributed by atoms with E-state index in [2.05, 4.69) is 37.8 Å². The van der Waals surface area contributed by atoms with E-state index in [-0.39, 0.29) is 11.5 Å². The minimum absolute atomic E-state index is 0.00492. The predicted octanol–water partition coefficient (Wildman–Crippen LogP) is 6.11. The molecule has 0 aliphatic carbocycles. The molecule has 0 bridgehead atoms. The average Bonchev–Trinajstić information content (AvgIpc) is 3.42. The lowest BCUT2D eigenvalue weighted by Gasteiger charge is -2.37. The third-order valence-corrected chi connectivity index (χ3v) is 8.34. The van der Waals surface area contributed by atoms with Crippen LogP contribution in [0.5, 0.6) is 5.75 Å². The second-order valence-electron chi connectivity index (χ2n) is 10.5. The first-order valence-corrected chi connectivity index (χ1v) is 13.0. The Morgan fingerprint density at radius 2 is 1.74 bits per heavy atom. The number of aromatic nitrogens is 1. The van der Waals surface area contributed by atoms with Crippen LogP contribution in [0.2, 0.25) is 0 Å². The lowest BCUT2D eigenvalue weighted by Crippen LogP contribution is -2.46. The molecule has 2 aliphatic heterocycles. The van der Waals surface area contributed by atoms with Crippen molar-refractivity contribution in [3.8, 4) is 17.0 Å². The maximum atomic E-state index is 12.6. The lowest BCUT2D eigenvalue weighted by molar-refractivity contribution is -0.000724. The molecule has 184 valence electrons. The molecule has 0 radical (unpaired) electrons. The molecular formula is C28H33N3O3S. The summed E-state index contributed by atoms with van der Waals surface area (Å²) >= 11 is 1.81. The van der Waals surface area contributed by atoms with Gasteiger partial charge >= 0.3 is 6.09 Å². The van der Waals surface area contributed by atoms with Crippen LogP contribution in [0.3, 0.4) is 0 Å². The molecule has 3 heterocycles. The summed E-state index contributed by atoms with van der Waals surface area (Å²) in [6.45, 7) is 9.89. The molecule has 1 aromatic heterocycles.